The van der Waals surface area contributed by atoms with Crippen molar-refractivity contribution in [2.24, 2.45) is 0 Å². The topological polar surface area (TPSA) is 76.2 Å². The molecule has 2 atom stereocenters. The zero-order chi connectivity index (χ0) is 29.2. The normalized spacial score (nSPS) is 16.4. The van der Waals surface area contributed by atoms with Gasteiger partial charge in [-0.1, -0.05) is 48.2 Å². The van der Waals surface area contributed by atoms with Crippen LogP contribution in [0.25, 0.3) is 0 Å². The van der Waals surface area contributed by atoms with Gasteiger partial charge in [0.2, 0.25) is 0 Å². The lowest BCUT2D eigenvalue weighted by molar-refractivity contribution is -0.384. The summed E-state index contributed by atoms with van der Waals surface area (Å²) >= 11 is 7.52. The second-order valence-electron chi connectivity index (χ2n) is 10.2. The standard InChI is InChI=1S/C33H29N5O2S2/c1-22-20-29(23(2)36(22)21-24-8-4-3-5-9-24)32-31(30-10-6-7-19-34-30)35-33(41)37(32)25-11-15-27(16-12-25)42-28-17-13-26(14-18-28)38(39)40/h3-20,31-32H,21H2,1-2H3,(H,35,41)/t31-,32-/m1/s1. The van der Waals surface area contributed by atoms with Crippen molar-refractivity contribution >= 4 is 40.5 Å². The minimum absolute atomic E-state index is 0.0846. The van der Waals surface area contributed by atoms with E-state index >= 15 is 0 Å². The van der Waals surface area contributed by atoms with Gasteiger partial charge in [-0.2, -0.15) is 0 Å². The first-order valence-electron chi connectivity index (χ1n) is 13.6. The van der Waals surface area contributed by atoms with Gasteiger partial charge in [-0.3, -0.25) is 15.1 Å². The molecule has 42 heavy (non-hydrogen) atoms. The molecule has 0 spiro atoms. The lowest BCUT2D eigenvalue weighted by atomic mass is 9.96. The summed E-state index contributed by atoms with van der Waals surface area (Å²) < 4.78 is 2.36. The monoisotopic (exact) mass is 591 g/mol. The van der Waals surface area contributed by atoms with Crippen LogP contribution in [0.2, 0.25) is 0 Å². The highest BCUT2D eigenvalue weighted by atomic mass is 32.2. The smallest absolute Gasteiger partial charge is 0.269 e. The lowest BCUT2D eigenvalue weighted by Gasteiger charge is -2.28. The van der Waals surface area contributed by atoms with Crippen molar-refractivity contribution in [1.82, 2.24) is 14.9 Å². The van der Waals surface area contributed by atoms with Crippen LogP contribution in [-0.2, 0) is 6.54 Å². The molecular weight excluding hydrogens is 563 g/mol. The Bertz CT molecular complexity index is 1720. The predicted octanol–water partition coefficient (Wildman–Crippen LogP) is 7.78. The van der Waals surface area contributed by atoms with Crippen LogP contribution in [0, 0.1) is 24.0 Å². The number of aromatic nitrogens is 2. The third-order valence-corrected chi connectivity index (χ3v) is 8.94. The van der Waals surface area contributed by atoms with Gasteiger partial charge in [-0.15, -0.1) is 0 Å². The Morgan fingerprint density at radius 2 is 1.60 bits per heavy atom. The van der Waals surface area contributed by atoms with Gasteiger partial charge >= 0.3 is 0 Å². The Kier molecular flexibility index (Phi) is 7.78. The first-order valence-corrected chi connectivity index (χ1v) is 14.8. The average Bonchev–Trinajstić information content (AvgIpc) is 3.49. The first kappa shape index (κ1) is 27.7. The molecule has 210 valence electrons. The molecule has 0 unspecified atom stereocenters. The molecule has 0 saturated carbocycles. The van der Waals surface area contributed by atoms with Crippen LogP contribution < -0.4 is 10.2 Å². The number of hydrogen-bond donors (Lipinski definition) is 1. The molecule has 1 aliphatic rings. The van der Waals surface area contributed by atoms with Crippen LogP contribution in [-0.4, -0.2) is 19.6 Å². The van der Waals surface area contributed by atoms with E-state index in [1.807, 2.05) is 30.5 Å². The van der Waals surface area contributed by atoms with Crippen LogP contribution in [0.15, 0.2) is 119 Å². The van der Waals surface area contributed by atoms with Gasteiger partial charge in [-0.05, 0) is 91.8 Å². The molecule has 3 aromatic carbocycles. The maximum atomic E-state index is 11.0. The summed E-state index contributed by atoms with van der Waals surface area (Å²) in [5.41, 5.74) is 6.85. The zero-order valence-electron chi connectivity index (χ0n) is 23.2. The number of nitrogens with zero attached hydrogens (tertiary/aromatic N) is 4. The van der Waals surface area contributed by atoms with Crippen molar-refractivity contribution in [3.63, 3.8) is 0 Å². The SMILES string of the molecule is Cc1cc([C@@H]2[C@@H](c3ccccn3)NC(=S)N2c2ccc(Sc3ccc([N+](=O)[O-])cc3)cc2)c(C)n1Cc1ccccc1. The van der Waals surface area contributed by atoms with Gasteiger partial charge in [0.1, 0.15) is 0 Å². The maximum absolute atomic E-state index is 11.0. The van der Waals surface area contributed by atoms with Gasteiger partial charge in [0.05, 0.1) is 22.7 Å². The van der Waals surface area contributed by atoms with Gasteiger partial charge in [0.15, 0.2) is 5.11 Å². The molecule has 7 nitrogen and oxygen atoms in total. The number of anilines is 1. The molecule has 1 aliphatic heterocycles. The summed E-state index contributed by atoms with van der Waals surface area (Å²) in [6, 6.07) is 33.4. The number of nitro benzene ring substituents is 1. The number of nitrogens with one attached hydrogen (secondary N) is 1. The summed E-state index contributed by atoms with van der Waals surface area (Å²) in [5, 5.41) is 15.2. The highest BCUT2D eigenvalue weighted by molar-refractivity contribution is 7.99. The van der Waals surface area contributed by atoms with E-state index in [2.05, 4.69) is 83.2 Å². The van der Waals surface area contributed by atoms with E-state index in [1.54, 1.807) is 23.9 Å². The van der Waals surface area contributed by atoms with Crippen LogP contribution in [0.3, 0.4) is 0 Å². The van der Waals surface area contributed by atoms with Crippen molar-refractivity contribution in [2.45, 2.75) is 42.3 Å². The molecule has 0 amide bonds. The Morgan fingerprint density at radius 1 is 0.929 bits per heavy atom. The number of aryl methyl sites for hydroxylation is 1. The zero-order valence-corrected chi connectivity index (χ0v) is 24.8. The van der Waals surface area contributed by atoms with Gasteiger partial charge in [0.25, 0.3) is 5.69 Å². The third-order valence-electron chi connectivity index (χ3n) is 7.61. The van der Waals surface area contributed by atoms with E-state index in [1.165, 1.54) is 34.6 Å². The van der Waals surface area contributed by atoms with Crippen LogP contribution in [0.1, 0.15) is 40.3 Å². The molecule has 0 radical (unpaired) electrons. The summed E-state index contributed by atoms with van der Waals surface area (Å²) in [5.74, 6) is 0. The molecule has 9 heteroatoms. The number of thiocarbonyl (C=S) groups is 1. The van der Waals surface area contributed by atoms with E-state index in [4.69, 9.17) is 17.2 Å². The number of non-ortho nitro benzene ring substituents is 1. The number of nitro groups is 1. The number of rotatable bonds is 8. The predicted molar refractivity (Wildman–Crippen MR) is 171 cm³/mol. The second-order valence-corrected chi connectivity index (χ2v) is 11.8. The number of benzene rings is 3. The van der Waals surface area contributed by atoms with Crippen molar-refractivity contribution in [3.8, 4) is 0 Å². The quantitative estimate of drug-likeness (QED) is 0.112. The van der Waals surface area contributed by atoms with E-state index in [-0.39, 0.29) is 22.7 Å². The van der Waals surface area contributed by atoms with Crippen molar-refractivity contribution in [3.05, 3.63) is 148 Å². The summed E-state index contributed by atoms with van der Waals surface area (Å²) in [6.45, 7) is 5.14. The molecular formula is C33H29N5O2S2. The lowest BCUT2D eigenvalue weighted by Crippen LogP contribution is -2.29. The average molecular weight is 592 g/mol. The van der Waals surface area contributed by atoms with Crippen LogP contribution in [0.4, 0.5) is 11.4 Å². The van der Waals surface area contributed by atoms with Gasteiger partial charge in [0, 0.05) is 51.7 Å². The van der Waals surface area contributed by atoms with E-state index in [0.717, 1.165) is 27.7 Å². The number of pyridine rings is 1. The molecule has 3 heterocycles. The molecule has 2 aromatic heterocycles. The Hall–Kier alpha value is -4.47. The minimum atomic E-state index is -0.385. The van der Waals surface area contributed by atoms with Gasteiger partial charge < -0.3 is 14.8 Å². The maximum Gasteiger partial charge on any atom is 0.269 e. The first-order chi connectivity index (χ1) is 20.4. The Balaban J connectivity index is 1.34. The molecule has 6 rings (SSSR count). The van der Waals surface area contributed by atoms with Crippen molar-refractivity contribution in [2.75, 3.05) is 4.90 Å². The fraction of sp³-hybridized carbons (Fsp3) is 0.152. The van der Waals surface area contributed by atoms with Crippen LogP contribution >= 0.6 is 24.0 Å². The van der Waals surface area contributed by atoms with E-state index in [0.29, 0.717) is 5.11 Å². The fourth-order valence-corrected chi connectivity index (χ4v) is 6.69. The van der Waals surface area contributed by atoms with Crippen LogP contribution in [0.5, 0.6) is 0 Å². The Labute approximate surface area is 254 Å². The van der Waals surface area contributed by atoms with Crippen molar-refractivity contribution in [1.29, 1.82) is 0 Å². The van der Waals surface area contributed by atoms with E-state index < -0.39 is 0 Å². The van der Waals surface area contributed by atoms with E-state index in [9.17, 15) is 10.1 Å². The Morgan fingerprint density at radius 3 is 2.24 bits per heavy atom. The summed E-state index contributed by atoms with van der Waals surface area (Å²) in [6.07, 6.45) is 1.82. The second kappa shape index (κ2) is 11.8. The molecule has 0 bridgehead atoms. The highest BCUT2D eigenvalue weighted by Crippen LogP contribution is 2.44. The van der Waals surface area contributed by atoms with Crippen molar-refractivity contribution < 1.29 is 4.92 Å². The largest absolute Gasteiger partial charge is 0.351 e. The van der Waals surface area contributed by atoms with Gasteiger partial charge in [-0.25, -0.2) is 0 Å². The number of hydrogen-bond acceptors (Lipinski definition) is 5. The molecule has 1 fully saturated rings. The highest BCUT2D eigenvalue weighted by Gasteiger charge is 2.42. The summed E-state index contributed by atoms with van der Waals surface area (Å²) in [7, 11) is 0. The molecule has 5 aromatic rings. The molecule has 1 N–H and O–H groups in total. The minimum Gasteiger partial charge on any atom is -0.351 e. The fourth-order valence-electron chi connectivity index (χ4n) is 5.53. The molecule has 0 aliphatic carbocycles. The third kappa shape index (κ3) is 5.53. The molecule has 1 saturated heterocycles. The summed E-state index contributed by atoms with van der Waals surface area (Å²) in [4.78, 5) is 19.5.